The van der Waals surface area contributed by atoms with E-state index in [9.17, 15) is 9.18 Å². The number of rotatable bonds is 7. The fraction of sp³-hybridized carbons (Fsp3) is 0.154. The van der Waals surface area contributed by atoms with Gasteiger partial charge in [-0.25, -0.2) is 9.40 Å². The first-order valence-corrected chi connectivity index (χ1v) is 11.9. The Bertz CT molecular complexity index is 1360. The lowest BCUT2D eigenvalue weighted by atomic mass is 9.98. The molecule has 0 bridgehead atoms. The highest BCUT2D eigenvalue weighted by atomic mass is 32.2. The predicted octanol–water partition coefficient (Wildman–Crippen LogP) is 5.35. The molecule has 0 saturated heterocycles. The third-order valence-electron chi connectivity index (χ3n) is 5.60. The van der Waals surface area contributed by atoms with Crippen LogP contribution in [0.25, 0.3) is 11.5 Å². The summed E-state index contributed by atoms with van der Waals surface area (Å²) >= 11 is 1.09. The van der Waals surface area contributed by atoms with E-state index in [1.807, 2.05) is 54.6 Å². The molecule has 7 nitrogen and oxygen atoms in total. The lowest BCUT2D eigenvalue weighted by Gasteiger charge is -2.22. The van der Waals surface area contributed by atoms with Crippen molar-refractivity contribution in [3.63, 3.8) is 0 Å². The number of carbonyl (C=O) groups is 1. The standard InChI is InChI=1S/C26H21FN4O3S/c1-33-19-13-11-18(12-14-19)23-15-22(17-7-3-2-4-8-17)30-31(23)24(32)16-35-26-29-28-25(34-26)20-9-5-6-10-21(20)27/h2-14,23H,15-16H2,1H3/t23-/m1/s1. The predicted molar refractivity (Wildman–Crippen MR) is 131 cm³/mol. The van der Waals surface area contributed by atoms with Crippen molar-refractivity contribution >= 4 is 23.4 Å². The zero-order chi connectivity index (χ0) is 24.2. The Morgan fingerprint density at radius 2 is 1.80 bits per heavy atom. The highest BCUT2D eigenvalue weighted by Crippen LogP contribution is 2.34. The molecule has 0 spiro atoms. The highest BCUT2D eigenvalue weighted by molar-refractivity contribution is 7.99. The summed E-state index contributed by atoms with van der Waals surface area (Å²) in [6.07, 6.45) is 0.588. The number of hydrogen-bond donors (Lipinski definition) is 0. The minimum atomic E-state index is -0.453. The van der Waals surface area contributed by atoms with Crippen LogP contribution in [0.5, 0.6) is 5.75 Å². The molecule has 35 heavy (non-hydrogen) atoms. The molecule has 176 valence electrons. The molecule has 0 fully saturated rings. The van der Waals surface area contributed by atoms with E-state index in [0.29, 0.717) is 6.42 Å². The number of hydrogen-bond acceptors (Lipinski definition) is 7. The van der Waals surface area contributed by atoms with Gasteiger partial charge in [-0.3, -0.25) is 4.79 Å². The maximum Gasteiger partial charge on any atom is 0.277 e. The second kappa shape index (κ2) is 10.1. The molecule has 3 aromatic carbocycles. The Morgan fingerprint density at radius 1 is 1.06 bits per heavy atom. The molecule has 0 aliphatic carbocycles. The Hall–Kier alpha value is -3.98. The Balaban J connectivity index is 1.34. The molecule has 0 saturated carbocycles. The number of hydrazone groups is 1. The SMILES string of the molecule is COc1ccc([C@H]2CC(c3ccccc3)=NN2C(=O)CSc2nnc(-c3ccccc3F)o2)cc1. The normalized spacial score (nSPS) is 15.2. The van der Waals surface area contributed by atoms with Crippen molar-refractivity contribution in [2.24, 2.45) is 5.10 Å². The summed E-state index contributed by atoms with van der Waals surface area (Å²) in [4.78, 5) is 13.3. The third kappa shape index (κ3) is 4.95. The van der Waals surface area contributed by atoms with Crippen LogP contribution in [-0.4, -0.2) is 39.7 Å². The average molecular weight is 489 g/mol. The summed E-state index contributed by atoms with van der Waals surface area (Å²) < 4.78 is 24.9. The average Bonchev–Trinajstić information content (AvgIpc) is 3.56. The van der Waals surface area contributed by atoms with Crippen LogP contribution < -0.4 is 4.74 Å². The van der Waals surface area contributed by atoms with E-state index >= 15 is 0 Å². The highest BCUT2D eigenvalue weighted by Gasteiger charge is 2.33. The monoisotopic (exact) mass is 488 g/mol. The summed E-state index contributed by atoms with van der Waals surface area (Å²) in [5.74, 6) is 0.196. The molecule has 1 amide bonds. The van der Waals surface area contributed by atoms with Crippen molar-refractivity contribution in [1.82, 2.24) is 15.2 Å². The number of methoxy groups -OCH3 is 1. The first-order valence-electron chi connectivity index (χ1n) is 10.9. The van der Waals surface area contributed by atoms with Crippen LogP contribution in [0.4, 0.5) is 4.39 Å². The van der Waals surface area contributed by atoms with Crippen molar-refractivity contribution in [1.29, 1.82) is 0 Å². The quantitative estimate of drug-likeness (QED) is 0.326. The van der Waals surface area contributed by atoms with Gasteiger partial charge in [-0.05, 0) is 35.4 Å². The van der Waals surface area contributed by atoms with Gasteiger partial charge < -0.3 is 9.15 Å². The van der Waals surface area contributed by atoms with Gasteiger partial charge >= 0.3 is 0 Å². The van der Waals surface area contributed by atoms with Crippen LogP contribution >= 0.6 is 11.8 Å². The number of ether oxygens (including phenoxy) is 1. The van der Waals surface area contributed by atoms with Gasteiger partial charge in [0.05, 0.1) is 30.2 Å². The Morgan fingerprint density at radius 3 is 2.54 bits per heavy atom. The number of benzene rings is 3. The second-order valence-electron chi connectivity index (χ2n) is 7.79. The molecular formula is C26H21FN4O3S. The molecule has 2 heterocycles. The van der Waals surface area contributed by atoms with Crippen LogP contribution in [-0.2, 0) is 4.79 Å². The summed E-state index contributed by atoms with van der Waals surface area (Å²) in [5.41, 5.74) is 2.98. The molecule has 4 aromatic rings. The van der Waals surface area contributed by atoms with E-state index in [2.05, 4.69) is 15.3 Å². The van der Waals surface area contributed by atoms with Crippen molar-refractivity contribution in [3.05, 3.63) is 95.8 Å². The Kier molecular flexibility index (Phi) is 6.58. The minimum absolute atomic E-state index is 0.0388. The van der Waals surface area contributed by atoms with Gasteiger partial charge in [0, 0.05) is 6.42 Å². The van der Waals surface area contributed by atoms with E-state index in [1.54, 1.807) is 25.3 Å². The first-order chi connectivity index (χ1) is 17.1. The zero-order valence-electron chi connectivity index (χ0n) is 18.8. The molecule has 9 heteroatoms. The molecule has 1 atom stereocenters. The van der Waals surface area contributed by atoms with E-state index in [4.69, 9.17) is 9.15 Å². The van der Waals surface area contributed by atoms with Crippen LogP contribution in [0.15, 0.2) is 93.6 Å². The number of aromatic nitrogens is 2. The van der Waals surface area contributed by atoms with Crippen molar-refractivity contribution in [2.45, 2.75) is 17.7 Å². The molecule has 1 aliphatic rings. The van der Waals surface area contributed by atoms with Crippen LogP contribution in [0.3, 0.4) is 0 Å². The van der Waals surface area contributed by atoms with Gasteiger partial charge in [0.2, 0.25) is 0 Å². The maximum absolute atomic E-state index is 14.0. The van der Waals surface area contributed by atoms with E-state index in [-0.39, 0.29) is 34.4 Å². The zero-order valence-corrected chi connectivity index (χ0v) is 19.6. The minimum Gasteiger partial charge on any atom is -0.497 e. The maximum atomic E-state index is 14.0. The second-order valence-corrected chi connectivity index (χ2v) is 8.71. The van der Waals surface area contributed by atoms with Gasteiger partial charge in [0.15, 0.2) is 0 Å². The number of thioether (sulfide) groups is 1. The third-order valence-corrected chi connectivity index (χ3v) is 6.41. The van der Waals surface area contributed by atoms with Gasteiger partial charge in [-0.1, -0.05) is 66.4 Å². The molecule has 1 aromatic heterocycles. The van der Waals surface area contributed by atoms with Gasteiger partial charge in [-0.15, -0.1) is 10.2 Å². The van der Waals surface area contributed by atoms with Gasteiger partial charge in [0.25, 0.3) is 17.0 Å². The number of amides is 1. The van der Waals surface area contributed by atoms with Crippen LogP contribution in [0.1, 0.15) is 23.6 Å². The van der Waals surface area contributed by atoms with Gasteiger partial charge in [-0.2, -0.15) is 5.10 Å². The number of nitrogens with zero attached hydrogens (tertiary/aromatic N) is 4. The van der Waals surface area contributed by atoms with E-state index in [0.717, 1.165) is 34.3 Å². The summed E-state index contributed by atoms with van der Waals surface area (Å²) in [6, 6.07) is 23.3. The first kappa shape index (κ1) is 22.8. The Labute approximate surface area is 205 Å². The molecular weight excluding hydrogens is 467 g/mol. The number of carbonyl (C=O) groups excluding carboxylic acids is 1. The summed E-state index contributed by atoms with van der Waals surface area (Å²) in [7, 11) is 1.61. The van der Waals surface area contributed by atoms with Gasteiger partial charge in [0.1, 0.15) is 11.6 Å². The smallest absolute Gasteiger partial charge is 0.277 e. The number of halogens is 1. The van der Waals surface area contributed by atoms with E-state index in [1.165, 1.54) is 11.1 Å². The largest absolute Gasteiger partial charge is 0.497 e. The van der Waals surface area contributed by atoms with Crippen molar-refractivity contribution < 1.29 is 18.3 Å². The van der Waals surface area contributed by atoms with Crippen LogP contribution in [0, 0.1) is 5.82 Å². The summed E-state index contributed by atoms with van der Waals surface area (Å²) in [5, 5.41) is 14.2. The molecule has 5 rings (SSSR count). The lowest BCUT2D eigenvalue weighted by Crippen LogP contribution is -2.28. The summed E-state index contributed by atoms with van der Waals surface area (Å²) in [6.45, 7) is 0. The lowest BCUT2D eigenvalue weighted by molar-refractivity contribution is -0.130. The molecule has 0 radical (unpaired) electrons. The molecule has 0 N–H and O–H groups in total. The van der Waals surface area contributed by atoms with Crippen molar-refractivity contribution in [3.8, 4) is 17.2 Å². The molecule has 1 aliphatic heterocycles. The van der Waals surface area contributed by atoms with E-state index < -0.39 is 5.82 Å². The fourth-order valence-corrected chi connectivity index (χ4v) is 4.45. The fourth-order valence-electron chi connectivity index (χ4n) is 3.83. The van der Waals surface area contributed by atoms with Crippen LogP contribution in [0.2, 0.25) is 0 Å². The molecule has 0 unspecified atom stereocenters. The van der Waals surface area contributed by atoms with Crippen molar-refractivity contribution in [2.75, 3.05) is 12.9 Å². The topological polar surface area (TPSA) is 80.8 Å².